The fourth-order valence-corrected chi connectivity index (χ4v) is 2.09. The summed E-state index contributed by atoms with van der Waals surface area (Å²) >= 11 is 5.32. The van der Waals surface area contributed by atoms with Gasteiger partial charge in [0.05, 0.1) is 19.2 Å². The average molecular weight is 395 g/mol. The fraction of sp³-hybridized carbons (Fsp3) is 0. The third kappa shape index (κ3) is 2.07. The molecule has 82 valence electrons. The minimum absolute atomic E-state index is 0.0890. The van der Waals surface area contributed by atoms with Crippen LogP contribution in [0, 0.1) is 13.7 Å². The zero-order chi connectivity index (χ0) is 11.7. The Morgan fingerprint density at radius 3 is 2.75 bits per heavy atom. The van der Waals surface area contributed by atoms with Crippen molar-refractivity contribution >= 4 is 44.2 Å². The molecule has 0 unspecified atom stereocenters. The first-order valence-electron chi connectivity index (χ1n) is 4.08. The van der Waals surface area contributed by atoms with E-state index in [2.05, 4.69) is 48.6 Å². The fourth-order valence-electron chi connectivity index (χ4n) is 1.20. The van der Waals surface area contributed by atoms with E-state index in [-0.39, 0.29) is 5.69 Å². The number of aromatic nitrogens is 3. The van der Waals surface area contributed by atoms with Crippen LogP contribution in [0.1, 0.15) is 0 Å². The second-order valence-electron chi connectivity index (χ2n) is 2.85. The van der Waals surface area contributed by atoms with Gasteiger partial charge in [-0.15, -0.1) is 0 Å². The molecule has 0 aliphatic rings. The summed E-state index contributed by atoms with van der Waals surface area (Å²) in [5.41, 5.74) is 0.289. The van der Waals surface area contributed by atoms with E-state index in [1.165, 1.54) is 17.1 Å². The van der Waals surface area contributed by atoms with Crippen molar-refractivity contribution in [2.75, 3.05) is 0 Å². The number of nitro groups is 1. The maximum absolute atomic E-state index is 10.9. The van der Waals surface area contributed by atoms with Gasteiger partial charge >= 0.3 is 5.69 Å². The lowest BCUT2D eigenvalue weighted by Gasteiger charge is -2.04. The molecule has 0 saturated heterocycles. The quantitative estimate of drug-likeness (QED) is 0.445. The summed E-state index contributed by atoms with van der Waals surface area (Å²) in [5.74, 6) is 0. The van der Waals surface area contributed by atoms with Crippen LogP contribution < -0.4 is 0 Å². The van der Waals surface area contributed by atoms with Crippen molar-refractivity contribution in [3.8, 4) is 5.69 Å². The molecule has 0 fully saturated rings. The van der Waals surface area contributed by atoms with E-state index in [1.54, 1.807) is 12.4 Å². The Hall–Kier alpha value is -1.03. The molecule has 0 bridgehead atoms. The number of hydrogen-bond donors (Lipinski definition) is 0. The number of halogens is 2. The maximum Gasteiger partial charge on any atom is 0.314 e. The largest absolute Gasteiger partial charge is 0.314 e. The second kappa shape index (κ2) is 4.45. The molecule has 2 aromatic rings. The molecule has 0 saturated carbocycles. The summed E-state index contributed by atoms with van der Waals surface area (Å²) in [6.45, 7) is 0. The Bertz CT molecular complexity index is 557. The highest BCUT2D eigenvalue weighted by Crippen LogP contribution is 2.28. The molecule has 0 aliphatic carbocycles. The minimum atomic E-state index is -0.484. The topological polar surface area (TPSA) is 73.8 Å². The van der Waals surface area contributed by atoms with Crippen LogP contribution in [0.2, 0.25) is 0 Å². The zero-order valence-corrected chi connectivity index (χ0v) is 11.4. The van der Waals surface area contributed by atoms with Gasteiger partial charge in [0, 0.05) is 12.4 Å². The van der Waals surface area contributed by atoms with Crippen LogP contribution in [0.15, 0.2) is 29.3 Å². The first kappa shape index (κ1) is 11.5. The highest BCUT2D eigenvalue weighted by Gasteiger charge is 2.19. The van der Waals surface area contributed by atoms with E-state index in [0.717, 1.165) is 3.57 Å². The lowest BCUT2D eigenvalue weighted by molar-refractivity contribution is -0.385. The Morgan fingerprint density at radius 2 is 2.19 bits per heavy atom. The van der Waals surface area contributed by atoms with Crippen LogP contribution in [0.5, 0.6) is 0 Å². The van der Waals surface area contributed by atoms with Gasteiger partial charge < -0.3 is 0 Å². The molecule has 0 amide bonds. The van der Waals surface area contributed by atoms with Gasteiger partial charge in [-0.1, -0.05) is 0 Å². The van der Waals surface area contributed by atoms with Gasteiger partial charge in [-0.3, -0.25) is 15.1 Å². The predicted octanol–water partition coefficient (Wildman–Crippen LogP) is 2.54. The first-order valence-corrected chi connectivity index (χ1v) is 5.95. The molecule has 0 atom stereocenters. The summed E-state index contributed by atoms with van der Waals surface area (Å²) in [4.78, 5) is 14.1. The summed E-state index contributed by atoms with van der Waals surface area (Å²) in [7, 11) is 0. The molecule has 2 aromatic heterocycles. The molecule has 8 heteroatoms. The summed E-state index contributed by atoms with van der Waals surface area (Å²) in [6.07, 6.45) is 6.02. The Balaban J connectivity index is 2.67. The molecule has 16 heavy (non-hydrogen) atoms. The van der Waals surface area contributed by atoms with Crippen LogP contribution in [-0.4, -0.2) is 19.7 Å². The molecular formula is C8H4BrIN4O2. The summed E-state index contributed by atoms with van der Waals surface area (Å²) in [5, 5.41) is 14.9. The normalized spacial score (nSPS) is 10.4. The van der Waals surface area contributed by atoms with E-state index in [1.807, 2.05) is 0 Å². The van der Waals surface area contributed by atoms with Crippen molar-refractivity contribution in [3.63, 3.8) is 0 Å². The number of hydrogen-bond acceptors (Lipinski definition) is 4. The van der Waals surface area contributed by atoms with E-state index < -0.39 is 4.92 Å². The second-order valence-corrected chi connectivity index (χ2v) is 4.95. The van der Waals surface area contributed by atoms with Crippen LogP contribution in [0.3, 0.4) is 0 Å². The molecule has 0 spiro atoms. The van der Waals surface area contributed by atoms with Crippen molar-refractivity contribution in [2.24, 2.45) is 0 Å². The van der Waals surface area contributed by atoms with E-state index >= 15 is 0 Å². The number of rotatable bonds is 2. The van der Waals surface area contributed by atoms with E-state index in [4.69, 9.17) is 0 Å². The van der Waals surface area contributed by atoms with Crippen molar-refractivity contribution in [3.05, 3.63) is 42.9 Å². The smallest absolute Gasteiger partial charge is 0.258 e. The van der Waals surface area contributed by atoms with Crippen LogP contribution in [-0.2, 0) is 0 Å². The standard InChI is InChI=1S/C8H4BrIN4O2/c9-6-2-11-3-7(14(15)16)8(6)13-4-5(10)1-12-13/h1-4H. The van der Waals surface area contributed by atoms with Crippen molar-refractivity contribution < 1.29 is 4.92 Å². The summed E-state index contributed by atoms with van der Waals surface area (Å²) < 4.78 is 2.88. The van der Waals surface area contributed by atoms with Crippen LogP contribution in [0.25, 0.3) is 5.69 Å². The van der Waals surface area contributed by atoms with E-state index in [0.29, 0.717) is 10.2 Å². The SMILES string of the molecule is O=[N+]([O-])c1cncc(Br)c1-n1cc(I)cn1. The van der Waals surface area contributed by atoms with Gasteiger partial charge in [-0.05, 0) is 38.5 Å². The third-order valence-corrected chi connectivity index (χ3v) is 2.97. The number of nitrogens with zero attached hydrogens (tertiary/aromatic N) is 4. The average Bonchev–Trinajstić information content (AvgIpc) is 2.64. The Labute approximate surface area is 112 Å². The molecule has 0 aromatic carbocycles. The highest BCUT2D eigenvalue weighted by atomic mass is 127. The Morgan fingerprint density at radius 1 is 1.44 bits per heavy atom. The van der Waals surface area contributed by atoms with Gasteiger partial charge in [0.2, 0.25) is 0 Å². The first-order chi connectivity index (χ1) is 7.59. The highest BCUT2D eigenvalue weighted by molar-refractivity contribution is 14.1. The molecule has 0 aliphatic heterocycles. The predicted molar refractivity (Wildman–Crippen MR) is 68.4 cm³/mol. The molecule has 6 nitrogen and oxygen atoms in total. The van der Waals surface area contributed by atoms with Gasteiger partial charge in [0.15, 0.2) is 5.69 Å². The number of pyridine rings is 1. The van der Waals surface area contributed by atoms with Gasteiger partial charge in [0.1, 0.15) is 6.20 Å². The van der Waals surface area contributed by atoms with Crippen molar-refractivity contribution in [1.82, 2.24) is 14.8 Å². The molecule has 2 rings (SSSR count). The van der Waals surface area contributed by atoms with Crippen LogP contribution >= 0.6 is 38.5 Å². The van der Waals surface area contributed by atoms with E-state index in [9.17, 15) is 10.1 Å². The van der Waals surface area contributed by atoms with Crippen molar-refractivity contribution in [2.45, 2.75) is 0 Å². The monoisotopic (exact) mass is 394 g/mol. The molecule has 2 heterocycles. The minimum Gasteiger partial charge on any atom is -0.258 e. The lowest BCUT2D eigenvalue weighted by Crippen LogP contribution is -2.02. The lowest BCUT2D eigenvalue weighted by atomic mass is 10.3. The van der Waals surface area contributed by atoms with Gasteiger partial charge in [-0.2, -0.15) is 5.10 Å². The third-order valence-electron chi connectivity index (χ3n) is 1.83. The van der Waals surface area contributed by atoms with Crippen LogP contribution in [0.4, 0.5) is 5.69 Å². The molecule has 0 radical (unpaired) electrons. The maximum atomic E-state index is 10.9. The van der Waals surface area contributed by atoms with Gasteiger partial charge in [-0.25, -0.2) is 4.68 Å². The Kier molecular flexibility index (Phi) is 3.19. The molecule has 0 N–H and O–H groups in total. The molecular weight excluding hydrogens is 391 g/mol. The summed E-state index contributed by atoms with van der Waals surface area (Å²) in [6, 6.07) is 0. The van der Waals surface area contributed by atoms with Crippen molar-refractivity contribution in [1.29, 1.82) is 0 Å². The van der Waals surface area contributed by atoms with Gasteiger partial charge in [0.25, 0.3) is 0 Å². The zero-order valence-electron chi connectivity index (χ0n) is 7.67.